The number of nitrogens with zero attached hydrogens (tertiary/aromatic N) is 3. The lowest BCUT2D eigenvalue weighted by atomic mass is 10.2. The molecule has 0 bridgehead atoms. The number of nitrogens with one attached hydrogen (secondary N) is 1. The molecule has 0 saturated heterocycles. The molecule has 3 rings (SSSR count). The average molecular weight is 326 g/mol. The van der Waals surface area contributed by atoms with Gasteiger partial charge in [0.05, 0.1) is 11.1 Å². The maximum absolute atomic E-state index is 13.7. The van der Waals surface area contributed by atoms with Crippen molar-refractivity contribution in [1.29, 1.82) is 0 Å². The molecule has 0 fully saturated rings. The first-order valence-electron chi connectivity index (χ1n) is 7.51. The van der Waals surface area contributed by atoms with Crippen molar-refractivity contribution in [2.75, 3.05) is 5.32 Å². The fourth-order valence-electron chi connectivity index (χ4n) is 2.45. The predicted octanol–water partition coefficient (Wildman–Crippen LogP) is 2.52. The SMILES string of the molecule is CC[C@H](C(=O)Nc1ccccc1F)n1nnc2ccccc2c1=O. The van der Waals surface area contributed by atoms with E-state index in [0.717, 1.165) is 4.68 Å². The quantitative estimate of drug-likeness (QED) is 0.799. The van der Waals surface area contributed by atoms with Crippen LogP contribution in [-0.2, 0) is 4.79 Å². The third kappa shape index (κ3) is 2.88. The summed E-state index contributed by atoms with van der Waals surface area (Å²) in [5.74, 6) is -1.06. The first-order chi connectivity index (χ1) is 11.6. The van der Waals surface area contributed by atoms with Crippen molar-refractivity contribution in [3.05, 3.63) is 64.7 Å². The molecular weight excluding hydrogens is 311 g/mol. The highest BCUT2D eigenvalue weighted by molar-refractivity contribution is 5.93. The van der Waals surface area contributed by atoms with Crippen LogP contribution in [0.1, 0.15) is 19.4 Å². The summed E-state index contributed by atoms with van der Waals surface area (Å²) in [6, 6.07) is 11.7. The highest BCUT2D eigenvalue weighted by atomic mass is 19.1. The average Bonchev–Trinajstić information content (AvgIpc) is 2.60. The summed E-state index contributed by atoms with van der Waals surface area (Å²) in [5.41, 5.74) is 0.113. The largest absolute Gasteiger partial charge is 0.322 e. The zero-order valence-corrected chi connectivity index (χ0v) is 12.9. The number of hydrogen-bond donors (Lipinski definition) is 1. The van der Waals surface area contributed by atoms with E-state index in [1.165, 1.54) is 18.2 Å². The number of carbonyl (C=O) groups excluding carboxylic acids is 1. The molecule has 2 aromatic carbocycles. The third-order valence-electron chi connectivity index (χ3n) is 3.71. The van der Waals surface area contributed by atoms with Crippen LogP contribution in [0.4, 0.5) is 10.1 Å². The van der Waals surface area contributed by atoms with Gasteiger partial charge in [-0.3, -0.25) is 9.59 Å². The fourth-order valence-corrected chi connectivity index (χ4v) is 2.45. The summed E-state index contributed by atoms with van der Waals surface area (Å²) in [6.07, 6.45) is 0.313. The van der Waals surface area contributed by atoms with Crippen LogP contribution in [0, 0.1) is 5.82 Å². The van der Waals surface area contributed by atoms with E-state index in [9.17, 15) is 14.0 Å². The van der Waals surface area contributed by atoms with E-state index in [1.807, 2.05) is 0 Å². The van der Waals surface area contributed by atoms with Gasteiger partial charge in [-0.05, 0) is 30.7 Å². The smallest absolute Gasteiger partial charge is 0.278 e. The monoisotopic (exact) mass is 326 g/mol. The van der Waals surface area contributed by atoms with Crippen LogP contribution in [0.15, 0.2) is 53.3 Å². The Labute approximate surface area is 136 Å². The number of hydrogen-bond acceptors (Lipinski definition) is 4. The maximum atomic E-state index is 13.7. The summed E-state index contributed by atoms with van der Waals surface area (Å²) >= 11 is 0. The first-order valence-corrected chi connectivity index (χ1v) is 7.51. The molecule has 0 radical (unpaired) electrons. The molecule has 0 unspecified atom stereocenters. The maximum Gasteiger partial charge on any atom is 0.278 e. The Hall–Kier alpha value is -3.09. The van der Waals surface area contributed by atoms with Crippen LogP contribution in [0.3, 0.4) is 0 Å². The molecule has 0 aliphatic heterocycles. The molecule has 1 amide bonds. The lowest BCUT2D eigenvalue weighted by Gasteiger charge is -2.16. The van der Waals surface area contributed by atoms with Crippen LogP contribution in [-0.4, -0.2) is 20.9 Å². The van der Waals surface area contributed by atoms with E-state index in [1.54, 1.807) is 37.3 Å². The topological polar surface area (TPSA) is 76.9 Å². The number of halogens is 1. The Kier molecular flexibility index (Phi) is 4.33. The number of fused-ring (bicyclic) bond motifs is 1. The van der Waals surface area contributed by atoms with E-state index >= 15 is 0 Å². The van der Waals surface area contributed by atoms with E-state index in [-0.39, 0.29) is 5.69 Å². The number of amides is 1. The van der Waals surface area contributed by atoms with Gasteiger partial charge in [0, 0.05) is 0 Å². The molecule has 3 aromatic rings. The van der Waals surface area contributed by atoms with Crippen molar-refractivity contribution in [1.82, 2.24) is 15.0 Å². The van der Waals surface area contributed by atoms with E-state index in [4.69, 9.17) is 0 Å². The fraction of sp³-hybridized carbons (Fsp3) is 0.176. The van der Waals surface area contributed by atoms with Gasteiger partial charge in [0.25, 0.3) is 5.56 Å². The number of rotatable bonds is 4. The Bertz CT molecular complexity index is 954. The molecule has 1 heterocycles. The Morgan fingerprint density at radius 2 is 1.92 bits per heavy atom. The summed E-state index contributed by atoms with van der Waals surface area (Å²) in [4.78, 5) is 25.0. The van der Waals surface area contributed by atoms with Gasteiger partial charge >= 0.3 is 0 Å². The molecule has 6 nitrogen and oxygen atoms in total. The Morgan fingerprint density at radius 3 is 2.67 bits per heavy atom. The number of benzene rings is 2. The van der Waals surface area contributed by atoms with Gasteiger partial charge in [0.2, 0.25) is 5.91 Å². The summed E-state index contributed by atoms with van der Waals surface area (Å²) in [7, 11) is 0. The first kappa shape index (κ1) is 15.8. The normalized spacial score (nSPS) is 12.1. The highest BCUT2D eigenvalue weighted by Crippen LogP contribution is 2.17. The highest BCUT2D eigenvalue weighted by Gasteiger charge is 2.23. The number of anilines is 1. The molecule has 1 N–H and O–H groups in total. The van der Waals surface area contributed by atoms with Gasteiger partial charge in [-0.25, -0.2) is 4.39 Å². The molecule has 0 aliphatic rings. The molecule has 24 heavy (non-hydrogen) atoms. The zero-order chi connectivity index (χ0) is 17.1. The number of para-hydroxylation sites is 1. The van der Waals surface area contributed by atoms with E-state index < -0.39 is 23.3 Å². The minimum absolute atomic E-state index is 0.0581. The minimum Gasteiger partial charge on any atom is -0.322 e. The van der Waals surface area contributed by atoms with Crippen molar-refractivity contribution in [2.24, 2.45) is 0 Å². The Morgan fingerprint density at radius 1 is 1.21 bits per heavy atom. The lowest BCUT2D eigenvalue weighted by Crippen LogP contribution is -2.35. The summed E-state index contributed by atoms with van der Waals surface area (Å²) in [5, 5.41) is 10.7. The van der Waals surface area contributed by atoms with Crippen LogP contribution in [0.5, 0.6) is 0 Å². The molecule has 122 valence electrons. The molecule has 1 aromatic heterocycles. The Balaban J connectivity index is 1.97. The number of carbonyl (C=O) groups is 1. The van der Waals surface area contributed by atoms with Crippen LogP contribution < -0.4 is 10.9 Å². The van der Waals surface area contributed by atoms with Crippen LogP contribution in [0.25, 0.3) is 10.9 Å². The van der Waals surface area contributed by atoms with Crippen molar-refractivity contribution < 1.29 is 9.18 Å². The molecule has 0 saturated carbocycles. The van der Waals surface area contributed by atoms with E-state index in [2.05, 4.69) is 15.6 Å². The van der Waals surface area contributed by atoms with Gasteiger partial charge in [-0.2, -0.15) is 4.68 Å². The second-order valence-electron chi connectivity index (χ2n) is 5.25. The van der Waals surface area contributed by atoms with Crippen molar-refractivity contribution in [3.63, 3.8) is 0 Å². The summed E-state index contributed by atoms with van der Waals surface area (Å²) in [6.45, 7) is 1.74. The van der Waals surface area contributed by atoms with Gasteiger partial charge in [0.1, 0.15) is 17.4 Å². The van der Waals surface area contributed by atoms with Crippen molar-refractivity contribution in [3.8, 4) is 0 Å². The second kappa shape index (κ2) is 6.57. The zero-order valence-electron chi connectivity index (χ0n) is 12.9. The van der Waals surface area contributed by atoms with Crippen molar-refractivity contribution >= 4 is 22.5 Å². The lowest BCUT2D eigenvalue weighted by molar-refractivity contribution is -0.119. The number of aromatic nitrogens is 3. The predicted molar refractivity (Wildman–Crippen MR) is 88.2 cm³/mol. The molecule has 0 aliphatic carbocycles. The van der Waals surface area contributed by atoms with E-state index in [0.29, 0.717) is 17.3 Å². The van der Waals surface area contributed by atoms with Gasteiger partial charge in [-0.15, -0.1) is 5.10 Å². The van der Waals surface area contributed by atoms with Crippen LogP contribution in [0.2, 0.25) is 0 Å². The van der Waals surface area contributed by atoms with Gasteiger partial charge in [0.15, 0.2) is 0 Å². The third-order valence-corrected chi connectivity index (χ3v) is 3.71. The molecule has 7 heteroatoms. The van der Waals surface area contributed by atoms with Crippen LogP contribution >= 0.6 is 0 Å². The standard InChI is InChI=1S/C17H15FN4O2/c1-2-15(16(23)19-14-10-6-4-8-12(14)18)22-17(24)11-7-3-5-9-13(11)20-21-22/h3-10,15H,2H2,1H3,(H,19,23)/t15-/m1/s1. The summed E-state index contributed by atoms with van der Waals surface area (Å²) < 4.78 is 14.7. The second-order valence-corrected chi connectivity index (χ2v) is 5.25. The van der Waals surface area contributed by atoms with Gasteiger partial charge in [-0.1, -0.05) is 36.4 Å². The molecular formula is C17H15FN4O2. The molecule has 0 spiro atoms. The van der Waals surface area contributed by atoms with Crippen molar-refractivity contribution in [2.45, 2.75) is 19.4 Å². The van der Waals surface area contributed by atoms with Gasteiger partial charge < -0.3 is 5.32 Å². The molecule has 1 atom stereocenters. The minimum atomic E-state index is -0.880.